The predicted octanol–water partition coefficient (Wildman–Crippen LogP) is 3.68. The molecular weight excluding hydrogens is 355 g/mol. The Kier molecular flexibility index (Phi) is 4.56. The second kappa shape index (κ2) is 6.32. The van der Waals surface area contributed by atoms with Crippen molar-refractivity contribution in [2.45, 2.75) is 24.4 Å². The van der Waals surface area contributed by atoms with E-state index in [1.54, 1.807) is 6.07 Å². The fourth-order valence-electron chi connectivity index (χ4n) is 2.62. The Morgan fingerprint density at radius 3 is 2.70 bits per heavy atom. The van der Waals surface area contributed by atoms with Gasteiger partial charge in [0.25, 0.3) is 10.0 Å². The van der Waals surface area contributed by atoms with E-state index in [9.17, 15) is 8.42 Å². The Labute approximate surface area is 146 Å². The normalized spacial score (nSPS) is 18.4. The lowest BCUT2D eigenvalue weighted by atomic mass is 10.2. The smallest absolute Gasteiger partial charge is 0.265 e. The number of nitrogens with zero attached hydrogens (tertiary/aromatic N) is 1. The topological polar surface area (TPSA) is 49.4 Å². The summed E-state index contributed by atoms with van der Waals surface area (Å²) in [6, 6.07) is 11.9. The summed E-state index contributed by atoms with van der Waals surface area (Å²) in [6.45, 7) is 2.89. The number of anilines is 1. The summed E-state index contributed by atoms with van der Waals surface area (Å²) in [5.41, 5.74) is 1.60. The van der Waals surface area contributed by atoms with E-state index in [-0.39, 0.29) is 16.0 Å². The Hall–Kier alpha value is -1.27. The maximum absolute atomic E-state index is 13.2. The summed E-state index contributed by atoms with van der Waals surface area (Å²) >= 11 is 12.1. The molecule has 0 bridgehead atoms. The number of sulfonamides is 1. The molecular formula is C16H16Cl2N2O2S. The van der Waals surface area contributed by atoms with Crippen LogP contribution in [0.25, 0.3) is 0 Å². The molecule has 0 spiro atoms. The van der Waals surface area contributed by atoms with E-state index in [2.05, 4.69) is 5.32 Å². The van der Waals surface area contributed by atoms with Gasteiger partial charge in [0.15, 0.2) is 0 Å². The third-order valence-corrected chi connectivity index (χ3v) is 6.30. The van der Waals surface area contributed by atoms with Gasteiger partial charge in [-0.2, -0.15) is 0 Å². The van der Waals surface area contributed by atoms with Crippen molar-refractivity contribution >= 4 is 38.9 Å². The predicted molar refractivity (Wildman–Crippen MR) is 93.7 cm³/mol. The third kappa shape index (κ3) is 3.19. The zero-order valence-electron chi connectivity index (χ0n) is 12.5. The number of halogens is 2. The van der Waals surface area contributed by atoms with E-state index < -0.39 is 10.0 Å². The van der Waals surface area contributed by atoms with Crippen LogP contribution in [0.5, 0.6) is 0 Å². The minimum atomic E-state index is -3.81. The fourth-order valence-corrected chi connectivity index (χ4v) is 4.95. The van der Waals surface area contributed by atoms with Crippen molar-refractivity contribution in [1.82, 2.24) is 5.32 Å². The van der Waals surface area contributed by atoms with Crippen molar-refractivity contribution in [3.8, 4) is 0 Å². The maximum atomic E-state index is 13.2. The SMILES string of the molecule is CC1CN(S(=O)(=O)c2cc(Cl)ccc2Cl)c2ccccc2CN1. The van der Waals surface area contributed by atoms with Crippen LogP contribution in [-0.4, -0.2) is 21.0 Å². The number of rotatable bonds is 2. The average Bonchev–Trinajstić information content (AvgIpc) is 2.70. The quantitative estimate of drug-likeness (QED) is 0.876. The molecule has 0 aliphatic carbocycles. The number of hydrogen-bond donors (Lipinski definition) is 1. The summed E-state index contributed by atoms with van der Waals surface area (Å²) in [5.74, 6) is 0. The van der Waals surface area contributed by atoms with Gasteiger partial charge in [-0.3, -0.25) is 4.31 Å². The van der Waals surface area contributed by atoms with Gasteiger partial charge in [-0.15, -0.1) is 0 Å². The molecule has 0 saturated heterocycles. The minimum absolute atomic E-state index is 0.00938. The number of nitrogens with one attached hydrogen (secondary N) is 1. The molecule has 7 heteroatoms. The third-order valence-electron chi connectivity index (χ3n) is 3.80. The van der Waals surface area contributed by atoms with Gasteiger partial charge < -0.3 is 5.32 Å². The molecule has 2 aromatic rings. The monoisotopic (exact) mass is 370 g/mol. The number of fused-ring (bicyclic) bond motifs is 1. The van der Waals surface area contributed by atoms with Crippen LogP contribution >= 0.6 is 23.2 Å². The molecule has 23 heavy (non-hydrogen) atoms. The van der Waals surface area contributed by atoms with E-state index in [0.717, 1.165) is 5.56 Å². The average molecular weight is 371 g/mol. The second-order valence-electron chi connectivity index (χ2n) is 5.52. The molecule has 0 fully saturated rings. The highest BCUT2D eigenvalue weighted by Crippen LogP contribution is 2.33. The number of benzene rings is 2. The molecule has 1 atom stereocenters. The molecule has 4 nitrogen and oxygen atoms in total. The summed E-state index contributed by atoms with van der Waals surface area (Å²) in [7, 11) is -3.81. The van der Waals surface area contributed by atoms with Crippen LogP contribution in [0, 0.1) is 0 Å². The molecule has 122 valence electrons. The number of para-hydroxylation sites is 1. The molecule has 0 aromatic heterocycles. The highest BCUT2D eigenvalue weighted by molar-refractivity contribution is 7.93. The first-order valence-electron chi connectivity index (χ1n) is 7.18. The molecule has 1 heterocycles. The summed E-state index contributed by atoms with van der Waals surface area (Å²) in [5, 5.41) is 3.81. The molecule has 0 amide bonds. The van der Waals surface area contributed by atoms with Gasteiger partial charge in [0.05, 0.1) is 10.7 Å². The standard InChI is InChI=1S/C16H16Cl2N2O2S/c1-11-10-20(15-5-3-2-4-12(15)9-19-11)23(21,22)16-8-13(17)6-7-14(16)18/h2-8,11,19H,9-10H2,1H3. The molecule has 2 aromatic carbocycles. The van der Waals surface area contributed by atoms with Crippen molar-refractivity contribution in [3.05, 3.63) is 58.1 Å². The zero-order chi connectivity index (χ0) is 16.6. The van der Waals surface area contributed by atoms with Crippen molar-refractivity contribution in [2.75, 3.05) is 10.8 Å². The van der Waals surface area contributed by atoms with Crippen molar-refractivity contribution in [3.63, 3.8) is 0 Å². The highest BCUT2D eigenvalue weighted by Gasteiger charge is 2.31. The lowest BCUT2D eigenvalue weighted by Gasteiger charge is -2.26. The van der Waals surface area contributed by atoms with Gasteiger partial charge in [-0.25, -0.2) is 8.42 Å². The minimum Gasteiger partial charge on any atom is -0.308 e. The molecule has 1 unspecified atom stereocenters. The van der Waals surface area contributed by atoms with E-state index in [4.69, 9.17) is 23.2 Å². The lowest BCUT2D eigenvalue weighted by Crippen LogP contribution is -2.39. The first-order valence-corrected chi connectivity index (χ1v) is 9.38. The molecule has 0 radical (unpaired) electrons. The Morgan fingerprint density at radius 1 is 1.17 bits per heavy atom. The van der Waals surface area contributed by atoms with E-state index in [0.29, 0.717) is 23.8 Å². The van der Waals surface area contributed by atoms with Gasteiger partial charge >= 0.3 is 0 Å². The first kappa shape index (κ1) is 16.6. The molecule has 1 N–H and O–H groups in total. The van der Waals surface area contributed by atoms with Crippen LogP contribution in [0.1, 0.15) is 12.5 Å². The van der Waals surface area contributed by atoms with E-state index >= 15 is 0 Å². The largest absolute Gasteiger partial charge is 0.308 e. The highest BCUT2D eigenvalue weighted by atomic mass is 35.5. The van der Waals surface area contributed by atoms with Crippen LogP contribution in [-0.2, 0) is 16.6 Å². The van der Waals surface area contributed by atoms with Crippen LogP contribution in [0.2, 0.25) is 10.0 Å². The fraction of sp³-hybridized carbons (Fsp3) is 0.250. The molecule has 3 rings (SSSR count). The van der Waals surface area contributed by atoms with Gasteiger partial charge in [-0.1, -0.05) is 41.4 Å². The van der Waals surface area contributed by atoms with Crippen molar-refractivity contribution in [1.29, 1.82) is 0 Å². The van der Waals surface area contributed by atoms with Gasteiger partial charge in [0.2, 0.25) is 0 Å². The van der Waals surface area contributed by atoms with Gasteiger partial charge in [0.1, 0.15) is 4.90 Å². The van der Waals surface area contributed by atoms with Gasteiger partial charge in [-0.05, 0) is 36.8 Å². The molecule has 0 saturated carbocycles. The maximum Gasteiger partial charge on any atom is 0.265 e. The van der Waals surface area contributed by atoms with Crippen molar-refractivity contribution < 1.29 is 8.42 Å². The zero-order valence-corrected chi connectivity index (χ0v) is 14.8. The second-order valence-corrected chi connectivity index (χ2v) is 8.20. The Balaban J connectivity index is 2.17. The van der Waals surface area contributed by atoms with Gasteiger partial charge in [0, 0.05) is 24.2 Å². The van der Waals surface area contributed by atoms with Crippen LogP contribution in [0.4, 0.5) is 5.69 Å². The van der Waals surface area contributed by atoms with E-state index in [1.807, 2.05) is 31.2 Å². The number of hydrogen-bond acceptors (Lipinski definition) is 3. The molecule has 1 aliphatic heterocycles. The molecule has 1 aliphatic rings. The van der Waals surface area contributed by atoms with Crippen LogP contribution in [0.3, 0.4) is 0 Å². The summed E-state index contributed by atoms with van der Waals surface area (Å²) in [6.07, 6.45) is 0. The van der Waals surface area contributed by atoms with Crippen LogP contribution < -0.4 is 9.62 Å². The Bertz CT molecular complexity index is 840. The van der Waals surface area contributed by atoms with Crippen molar-refractivity contribution in [2.24, 2.45) is 0 Å². The Morgan fingerprint density at radius 2 is 1.91 bits per heavy atom. The summed E-state index contributed by atoms with van der Waals surface area (Å²) in [4.78, 5) is 0.0237. The first-order chi connectivity index (χ1) is 10.9. The van der Waals surface area contributed by atoms with E-state index in [1.165, 1.54) is 16.4 Å². The van der Waals surface area contributed by atoms with Crippen LogP contribution in [0.15, 0.2) is 47.4 Å². The summed E-state index contributed by atoms with van der Waals surface area (Å²) < 4.78 is 27.8. The lowest BCUT2D eigenvalue weighted by molar-refractivity contribution is 0.556.